The molecule has 0 unspecified atom stereocenters. The monoisotopic (exact) mass is 521 g/mol. The Hall–Kier alpha value is -3.65. The highest BCUT2D eigenvalue weighted by atomic mass is 32.2. The van der Waals surface area contributed by atoms with Gasteiger partial charge in [0.05, 0.1) is 11.9 Å². The Balaban J connectivity index is 2.03. The number of carbonyl (C=O) groups is 2. The van der Waals surface area contributed by atoms with Crippen molar-refractivity contribution in [3.05, 3.63) is 101 Å². The molecule has 196 valence electrons. The zero-order valence-corrected chi connectivity index (χ0v) is 22.7. The molecule has 0 saturated carbocycles. The number of carbonyl (C=O) groups excluding carboxylic acids is 2. The molecule has 0 radical (unpaired) electrons. The number of hydrogen-bond acceptors (Lipinski definition) is 4. The maximum atomic E-state index is 13.9. The topological polar surface area (TPSA) is 86.8 Å². The van der Waals surface area contributed by atoms with E-state index in [4.69, 9.17) is 0 Å². The average molecular weight is 522 g/mol. The Bertz CT molecular complexity index is 1310. The summed E-state index contributed by atoms with van der Waals surface area (Å²) in [5, 5.41) is 2.85. The van der Waals surface area contributed by atoms with E-state index in [-0.39, 0.29) is 12.5 Å². The Morgan fingerprint density at radius 3 is 2.00 bits per heavy atom. The molecule has 0 aliphatic rings. The molecule has 8 heteroatoms. The molecule has 0 aliphatic heterocycles. The van der Waals surface area contributed by atoms with Gasteiger partial charge < -0.3 is 10.2 Å². The van der Waals surface area contributed by atoms with Crippen LogP contribution in [0.5, 0.6) is 0 Å². The van der Waals surface area contributed by atoms with Crippen molar-refractivity contribution in [1.29, 1.82) is 0 Å². The summed E-state index contributed by atoms with van der Waals surface area (Å²) in [6.45, 7) is 5.82. The molecule has 0 bridgehead atoms. The van der Waals surface area contributed by atoms with E-state index < -0.39 is 28.5 Å². The van der Waals surface area contributed by atoms with Crippen LogP contribution < -0.4 is 9.62 Å². The summed E-state index contributed by atoms with van der Waals surface area (Å²) < 4.78 is 26.7. The molecule has 2 amide bonds. The number of rotatable bonds is 11. The number of amides is 2. The van der Waals surface area contributed by atoms with Gasteiger partial charge in [-0.2, -0.15) is 0 Å². The van der Waals surface area contributed by atoms with Gasteiger partial charge in [0.15, 0.2) is 0 Å². The van der Waals surface area contributed by atoms with Crippen LogP contribution in [0.4, 0.5) is 5.69 Å². The van der Waals surface area contributed by atoms with E-state index >= 15 is 0 Å². The van der Waals surface area contributed by atoms with Gasteiger partial charge in [-0.25, -0.2) is 8.42 Å². The minimum atomic E-state index is -3.78. The van der Waals surface area contributed by atoms with E-state index in [0.717, 1.165) is 32.8 Å². The zero-order chi connectivity index (χ0) is 27.0. The fraction of sp³-hybridized carbons (Fsp3) is 0.310. The van der Waals surface area contributed by atoms with Crippen LogP contribution in [0.2, 0.25) is 0 Å². The molecular weight excluding hydrogens is 486 g/mol. The van der Waals surface area contributed by atoms with Gasteiger partial charge in [-0.3, -0.25) is 13.9 Å². The molecule has 3 rings (SSSR count). The van der Waals surface area contributed by atoms with E-state index in [9.17, 15) is 18.0 Å². The molecule has 37 heavy (non-hydrogen) atoms. The van der Waals surface area contributed by atoms with Gasteiger partial charge in [-0.1, -0.05) is 66.7 Å². The molecule has 1 atom stereocenters. The normalized spacial score (nSPS) is 12.0. The van der Waals surface area contributed by atoms with Crippen LogP contribution in [0.1, 0.15) is 29.2 Å². The second-order valence-corrected chi connectivity index (χ2v) is 11.1. The second-order valence-electron chi connectivity index (χ2n) is 9.15. The van der Waals surface area contributed by atoms with Gasteiger partial charge >= 0.3 is 0 Å². The lowest BCUT2D eigenvalue weighted by molar-refractivity contribution is -0.140. The number of likely N-dealkylation sites (N-methyl/N-ethyl adjacent to an activating group) is 1. The number of sulfonamides is 1. The first-order valence-corrected chi connectivity index (χ1v) is 14.1. The third kappa shape index (κ3) is 7.67. The number of aryl methyl sites for hydroxylation is 2. The fourth-order valence-corrected chi connectivity index (χ4v) is 4.96. The lowest BCUT2D eigenvalue weighted by Crippen LogP contribution is -2.53. The minimum Gasteiger partial charge on any atom is -0.355 e. The Labute approximate surface area is 220 Å². The van der Waals surface area contributed by atoms with Crippen molar-refractivity contribution >= 4 is 27.5 Å². The summed E-state index contributed by atoms with van der Waals surface area (Å²) in [7, 11) is -3.78. The smallest absolute Gasteiger partial charge is 0.244 e. The van der Waals surface area contributed by atoms with E-state index in [1.54, 1.807) is 12.1 Å². The van der Waals surface area contributed by atoms with Crippen LogP contribution in [0.15, 0.2) is 78.9 Å². The van der Waals surface area contributed by atoms with Crippen LogP contribution in [0.25, 0.3) is 0 Å². The molecular formula is C29H35N3O4S. The van der Waals surface area contributed by atoms with Gasteiger partial charge in [-0.05, 0) is 55.2 Å². The molecule has 0 aliphatic carbocycles. The SMILES string of the molecule is CCNC(=O)[C@@H](Cc1ccccc1)N(Cc1ccccc1)C(=O)CN(c1ccc(C)c(C)c1)S(C)(=O)=O. The van der Waals surface area contributed by atoms with E-state index in [1.165, 1.54) is 4.90 Å². The molecule has 7 nitrogen and oxygen atoms in total. The maximum absolute atomic E-state index is 13.9. The zero-order valence-electron chi connectivity index (χ0n) is 21.8. The molecule has 0 saturated heterocycles. The van der Waals surface area contributed by atoms with Crippen LogP contribution in [-0.2, 0) is 32.6 Å². The highest BCUT2D eigenvalue weighted by Crippen LogP contribution is 2.23. The number of nitrogens with one attached hydrogen (secondary N) is 1. The Morgan fingerprint density at radius 2 is 1.46 bits per heavy atom. The van der Waals surface area contributed by atoms with Crippen molar-refractivity contribution < 1.29 is 18.0 Å². The van der Waals surface area contributed by atoms with E-state index in [1.807, 2.05) is 87.5 Å². The van der Waals surface area contributed by atoms with Gasteiger partial charge in [0.1, 0.15) is 12.6 Å². The number of benzene rings is 3. The van der Waals surface area contributed by atoms with Crippen molar-refractivity contribution in [3.63, 3.8) is 0 Å². The summed E-state index contributed by atoms with van der Waals surface area (Å²) in [6.07, 6.45) is 1.38. The van der Waals surface area contributed by atoms with Crippen LogP contribution >= 0.6 is 0 Å². The van der Waals surface area contributed by atoms with E-state index in [0.29, 0.717) is 18.7 Å². The van der Waals surface area contributed by atoms with E-state index in [2.05, 4.69) is 5.32 Å². The maximum Gasteiger partial charge on any atom is 0.244 e. The van der Waals surface area contributed by atoms with Crippen LogP contribution in [-0.4, -0.2) is 50.5 Å². The lowest BCUT2D eigenvalue weighted by Gasteiger charge is -2.33. The van der Waals surface area contributed by atoms with Crippen LogP contribution in [0, 0.1) is 13.8 Å². The summed E-state index contributed by atoms with van der Waals surface area (Å²) >= 11 is 0. The molecule has 0 aromatic heterocycles. The summed E-state index contributed by atoms with van der Waals surface area (Å²) in [6, 6.07) is 23.4. The average Bonchev–Trinajstić information content (AvgIpc) is 2.87. The highest BCUT2D eigenvalue weighted by molar-refractivity contribution is 7.92. The first-order chi connectivity index (χ1) is 17.6. The Morgan fingerprint density at radius 1 is 0.865 bits per heavy atom. The van der Waals surface area contributed by atoms with Crippen molar-refractivity contribution in [2.45, 2.75) is 39.8 Å². The largest absolute Gasteiger partial charge is 0.355 e. The number of hydrogen-bond donors (Lipinski definition) is 1. The summed E-state index contributed by atoms with van der Waals surface area (Å²) in [5.74, 6) is -0.743. The lowest BCUT2D eigenvalue weighted by atomic mass is 10.0. The molecule has 3 aromatic carbocycles. The van der Waals surface area contributed by atoms with Crippen molar-refractivity contribution in [3.8, 4) is 0 Å². The molecule has 0 spiro atoms. The number of nitrogens with zero attached hydrogens (tertiary/aromatic N) is 2. The van der Waals surface area contributed by atoms with Gasteiger partial charge in [-0.15, -0.1) is 0 Å². The third-order valence-corrected chi connectivity index (χ3v) is 7.42. The Kier molecular flexibility index (Phi) is 9.47. The summed E-state index contributed by atoms with van der Waals surface area (Å²) in [4.78, 5) is 28.7. The van der Waals surface area contributed by atoms with Gasteiger partial charge in [0.2, 0.25) is 21.8 Å². The van der Waals surface area contributed by atoms with Crippen LogP contribution in [0.3, 0.4) is 0 Å². The predicted molar refractivity (Wildman–Crippen MR) is 148 cm³/mol. The molecule has 0 fully saturated rings. The fourth-order valence-electron chi connectivity index (χ4n) is 4.12. The molecule has 0 heterocycles. The first kappa shape index (κ1) is 27.9. The molecule has 3 aromatic rings. The summed E-state index contributed by atoms with van der Waals surface area (Å²) in [5.41, 5.74) is 4.10. The highest BCUT2D eigenvalue weighted by Gasteiger charge is 2.32. The second kappa shape index (κ2) is 12.5. The third-order valence-electron chi connectivity index (χ3n) is 6.28. The standard InChI is InChI=1S/C29H35N3O4S/c1-5-30-29(34)27(19-24-12-8-6-9-13-24)31(20-25-14-10-7-11-15-25)28(33)21-32(37(4,35)36)26-17-16-22(2)23(3)18-26/h6-18,27H,5,19-21H2,1-4H3,(H,30,34)/t27-/m1/s1. The van der Waals surface area contributed by atoms with Gasteiger partial charge in [0.25, 0.3) is 0 Å². The quantitative estimate of drug-likeness (QED) is 0.415. The van der Waals surface area contributed by atoms with Crippen molar-refractivity contribution in [2.75, 3.05) is 23.7 Å². The minimum absolute atomic E-state index is 0.166. The predicted octanol–water partition coefficient (Wildman–Crippen LogP) is 3.85. The van der Waals surface area contributed by atoms with Crippen molar-refractivity contribution in [1.82, 2.24) is 10.2 Å². The van der Waals surface area contributed by atoms with Gasteiger partial charge in [0, 0.05) is 19.5 Å². The molecule has 1 N–H and O–H groups in total. The van der Waals surface area contributed by atoms with Crippen molar-refractivity contribution in [2.24, 2.45) is 0 Å². The number of anilines is 1. The first-order valence-electron chi connectivity index (χ1n) is 12.3.